The molecule has 0 atom stereocenters. The van der Waals surface area contributed by atoms with Crippen LogP contribution in [0.1, 0.15) is 17.5 Å². The lowest BCUT2D eigenvalue weighted by atomic mass is 10.1. The third-order valence-corrected chi connectivity index (χ3v) is 2.80. The number of aryl methyl sites for hydroxylation is 2. The first-order valence-electron chi connectivity index (χ1n) is 4.57. The van der Waals surface area contributed by atoms with E-state index >= 15 is 0 Å². The van der Waals surface area contributed by atoms with Crippen molar-refractivity contribution in [3.63, 3.8) is 0 Å². The Kier molecular flexibility index (Phi) is 1.23. The van der Waals surface area contributed by atoms with E-state index in [0.717, 1.165) is 23.8 Å². The van der Waals surface area contributed by atoms with Gasteiger partial charge in [0.25, 0.3) is 0 Å². The van der Waals surface area contributed by atoms with Crippen molar-refractivity contribution in [1.29, 1.82) is 0 Å². The highest BCUT2D eigenvalue weighted by Crippen LogP contribution is 2.36. The minimum atomic E-state index is 0.286. The van der Waals surface area contributed by atoms with Gasteiger partial charge in [-0.1, -0.05) is 6.07 Å². The van der Waals surface area contributed by atoms with Gasteiger partial charge in [-0.2, -0.15) is 0 Å². The van der Waals surface area contributed by atoms with E-state index in [1.807, 2.05) is 6.07 Å². The molecule has 0 unspecified atom stereocenters. The molecule has 2 nitrogen and oxygen atoms in total. The van der Waals surface area contributed by atoms with Crippen LogP contribution in [0.5, 0.6) is 5.75 Å². The number of aromatic hydroxyl groups is 1. The average Bonchev–Trinajstić information content (AvgIpc) is 2.70. The molecule has 0 fully saturated rings. The first-order chi connectivity index (χ1) is 6.36. The largest absolute Gasteiger partial charge is 0.504 e. The number of rotatable bonds is 0. The summed E-state index contributed by atoms with van der Waals surface area (Å²) in [4.78, 5) is 0. The Hall–Kier alpha value is -1.44. The molecule has 2 heteroatoms. The van der Waals surface area contributed by atoms with E-state index in [-0.39, 0.29) is 5.75 Å². The molecule has 66 valence electrons. The van der Waals surface area contributed by atoms with Gasteiger partial charge in [0.05, 0.1) is 5.39 Å². The summed E-state index contributed by atoms with van der Waals surface area (Å²) in [6, 6.07) is 4.05. The van der Waals surface area contributed by atoms with Crippen LogP contribution < -0.4 is 0 Å². The van der Waals surface area contributed by atoms with Crippen molar-refractivity contribution in [3.05, 3.63) is 29.5 Å². The highest BCUT2D eigenvalue weighted by Gasteiger charge is 2.17. The molecule has 1 aromatic heterocycles. The summed E-state index contributed by atoms with van der Waals surface area (Å²) in [5.74, 6) is 0.286. The smallest absolute Gasteiger partial charge is 0.162 e. The van der Waals surface area contributed by atoms with Crippen LogP contribution in [0.3, 0.4) is 0 Å². The number of fused-ring (bicyclic) bond motifs is 3. The molecule has 1 N–H and O–H groups in total. The van der Waals surface area contributed by atoms with Crippen molar-refractivity contribution in [3.8, 4) is 5.75 Å². The Morgan fingerprint density at radius 2 is 2.15 bits per heavy atom. The molecule has 0 aliphatic heterocycles. The van der Waals surface area contributed by atoms with E-state index in [9.17, 15) is 5.11 Å². The van der Waals surface area contributed by atoms with Gasteiger partial charge in [-0.05, 0) is 36.5 Å². The van der Waals surface area contributed by atoms with Gasteiger partial charge in [0, 0.05) is 0 Å². The molecule has 0 bridgehead atoms. The van der Waals surface area contributed by atoms with E-state index in [2.05, 4.69) is 6.07 Å². The summed E-state index contributed by atoms with van der Waals surface area (Å²) in [7, 11) is 0. The number of hydrogen-bond acceptors (Lipinski definition) is 2. The molecule has 1 aliphatic carbocycles. The minimum Gasteiger partial charge on any atom is -0.504 e. The standard InChI is InChI=1S/C11H10O2/c12-9-6-13-10-5-4-7-2-1-3-8(7)11(9)10/h4-6,12H,1-3H2. The lowest BCUT2D eigenvalue weighted by Gasteiger charge is -1.99. The predicted molar refractivity (Wildman–Crippen MR) is 49.9 cm³/mol. The summed E-state index contributed by atoms with van der Waals surface area (Å²) in [5, 5.41) is 10.5. The molecular weight excluding hydrogens is 164 g/mol. The Labute approximate surface area is 75.8 Å². The van der Waals surface area contributed by atoms with Crippen molar-refractivity contribution < 1.29 is 9.52 Å². The van der Waals surface area contributed by atoms with Gasteiger partial charge < -0.3 is 9.52 Å². The van der Waals surface area contributed by atoms with Crippen molar-refractivity contribution in [1.82, 2.24) is 0 Å². The van der Waals surface area contributed by atoms with E-state index in [1.165, 1.54) is 23.8 Å². The van der Waals surface area contributed by atoms with Gasteiger partial charge in [-0.3, -0.25) is 0 Å². The summed E-state index contributed by atoms with van der Waals surface area (Å²) in [5.41, 5.74) is 3.45. The van der Waals surface area contributed by atoms with Gasteiger partial charge in [-0.25, -0.2) is 0 Å². The molecule has 1 heterocycles. The van der Waals surface area contributed by atoms with Gasteiger partial charge >= 0.3 is 0 Å². The van der Waals surface area contributed by atoms with E-state index in [0.29, 0.717) is 0 Å². The fourth-order valence-corrected chi connectivity index (χ4v) is 2.20. The second-order valence-corrected chi connectivity index (χ2v) is 3.55. The third-order valence-electron chi connectivity index (χ3n) is 2.80. The fourth-order valence-electron chi connectivity index (χ4n) is 2.20. The highest BCUT2D eigenvalue weighted by atomic mass is 16.4. The topological polar surface area (TPSA) is 33.4 Å². The molecule has 1 aromatic carbocycles. The van der Waals surface area contributed by atoms with Crippen LogP contribution in [0, 0.1) is 0 Å². The predicted octanol–water partition coefficient (Wildman–Crippen LogP) is 2.63. The zero-order valence-corrected chi connectivity index (χ0v) is 7.21. The summed E-state index contributed by atoms with van der Waals surface area (Å²) in [6.45, 7) is 0. The van der Waals surface area contributed by atoms with Crippen LogP contribution in [0.4, 0.5) is 0 Å². The number of hydrogen-bond donors (Lipinski definition) is 1. The fraction of sp³-hybridized carbons (Fsp3) is 0.273. The lowest BCUT2D eigenvalue weighted by molar-refractivity contribution is 0.464. The van der Waals surface area contributed by atoms with Gasteiger partial charge in [0.15, 0.2) is 5.75 Å². The Bertz CT molecular complexity index is 468. The van der Waals surface area contributed by atoms with Crippen LogP contribution in [0.25, 0.3) is 11.0 Å². The molecule has 2 aromatic rings. The van der Waals surface area contributed by atoms with Gasteiger partial charge in [0.1, 0.15) is 11.8 Å². The van der Waals surface area contributed by atoms with Crippen LogP contribution in [-0.2, 0) is 12.8 Å². The molecule has 3 rings (SSSR count). The van der Waals surface area contributed by atoms with Crippen molar-refractivity contribution in [2.75, 3.05) is 0 Å². The van der Waals surface area contributed by atoms with Crippen molar-refractivity contribution in [2.24, 2.45) is 0 Å². The van der Waals surface area contributed by atoms with Crippen LogP contribution in [0.15, 0.2) is 22.8 Å². The molecule has 1 aliphatic rings. The van der Waals surface area contributed by atoms with Crippen LogP contribution in [0.2, 0.25) is 0 Å². The van der Waals surface area contributed by atoms with E-state index in [4.69, 9.17) is 4.42 Å². The lowest BCUT2D eigenvalue weighted by Crippen LogP contribution is -1.81. The molecule has 0 radical (unpaired) electrons. The summed E-state index contributed by atoms with van der Waals surface area (Å²) >= 11 is 0. The zero-order chi connectivity index (χ0) is 8.84. The maximum Gasteiger partial charge on any atom is 0.162 e. The van der Waals surface area contributed by atoms with Gasteiger partial charge in [0.2, 0.25) is 0 Å². The van der Waals surface area contributed by atoms with E-state index < -0.39 is 0 Å². The first-order valence-corrected chi connectivity index (χ1v) is 4.57. The summed E-state index contributed by atoms with van der Waals surface area (Å²) in [6.07, 6.45) is 4.82. The van der Waals surface area contributed by atoms with Gasteiger partial charge in [-0.15, -0.1) is 0 Å². The highest BCUT2D eigenvalue weighted by molar-refractivity contribution is 5.88. The molecule has 13 heavy (non-hydrogen) atoms. The Morgan fingerprint density at radius 3 is 3.08 bits per heavy atom. The molecule has 0 spiro atoms. The second kappa shape index (κ2) is 2.28. The minimum absolute atomic E-state index is 0.286. The SMILES string of the molecule is Oc1coc2ccc3c(c12)CCC3. The van der Waals surface area contributed by atoms with Crippen molar-refractivity contribution >= 4 is 11.0 Å². The Balaban J connectivity index is 2.47. The molecule has 0 saturated carbocycles. The summed E-state index contributed by atoms with van der Waals surface area (Å²) < 4.78 is 5.22. The average molecular weight is 174 g/mol. The third kappa shape index (κ3) is 0.829. The van der Waals surface area contributed by atoms with Crippen LogP contribution >= 0.6 is 0 Å². The van der Waals surface area contributed by atoms with Crippen molar-refractivity contribution in [2.45, 2.75) is 19.3 Å². The normalized spacial score (nSPS) is 15.1. The quantitative estimate of drug-likeness (QED) is 0.666. The molecule has 0 saturated heterocycles. The van der Waals surface area contributed by atoms with Crippen LogP contribution in [-0.4, -0.2) is 5.11 Å². The first kappa shape index (κ1) is 7.01. The monoisotopic (exact) mass is 174 g/mol. The second-order valence-electron chi connectivity index (χ2n) is 3.55. The Morgan fingerprint density at radius 1 is 1.23 bits per heavy atom. The zero-order valence-electron chi connectivity index (χ0n) is 7.21. The maximum atomic E-state index is 9.58. The number of furan rings is 1. The molecule has 0 amide bonds. The van der Waals surface area contributed by atoms with E-state index in [1.54, 1.807) is 0 Å². The maximum absolute atomic E-state index is 9.58. The molecular formula is C11H10O2. The number of benzene rings is 1.